The Bertz CT molecular complexity index is 397. The highest BCUT2D eigenvalue weighted by molar-refractivity contribution is 5.92. The molecule has 0 aromatic rings. The van der Waals surface area contributed by atoms with Crippen molar-refractivity contribution in [2.45, 2.75) is 45.6 Å². The second-order valence-corrected chi connectivity index (χ2v) is 5.40. The molecule has 2 amide bonds. The van der Waals surface area contributed by atoms with Gasteiger partial charge in [0.05, 0.1) is 13.0 Å². The molecule has 0 radical (unpaired) electrons. The number of likely N-dealkylation sites (tertiary alicyclic amines) is 1. The molecule has 1 aliphatic heterocycles. The predicted octanol–water partition coefficient (Wildman–Crippen LogP) is 0.703. The summed E-state index contributed by atoms with van der Waals surface area (Å²) in [7, 11) is 1.31. The molecule has 0 aromatic heterocycles. The third-order valence-electron chi connectivity index (χ3n) is 3.75. The zero-order chi connectivity index (χ0) is 15.3. The van der Waals surface area contributed by atoms with E-state index >= 15 is 0 Å². The Hall–Kier alpha value is -1.59. The summed E-state index contributed by atoms with van der Waals surface area (Å²) in [4.78, 5) is 37.4. The van der Waals surface area contributed by atoms with Crippen LogP contribution in [-0.4, -0.2) is 48.4 Å². The smallest absolute Gasteiger partial charge is 0.331 e. The summed E-state index contributed by atoms with van der Waals surface area (Å²) in [6.45, 7) is 6.50. The minimum Gasteiger partial charge on any atom is -0.467 e. The fourth-order valence-electron chi connectivity index (χ4n) is 2.57. The summed E-state index contributed by atoms with van der Waals surface area (Å²) in [6, 6.07) is 0. The number of nitrogens with zero attached hydrogens (tertiary/aromatic N) is 1. The van der Waals surface area contributed by atoms with Crippen LogP contribution in [0.1, 0.15) is 40.0 Å². The van der Waals surface area contributed by atoms with Gasteiger partial charge in [0.15, 0.2) is 0 Å². The average molecular weight is 284 g/mol. The number of hydrogen-bond donors (Lipinski definition) is 1. The van der Waals surface area contributed by atoms with Gasteiger partial charge in [0.25, 0.3) is 0 Å². The van der Waals surface area contributed by atoms with Crippen LogP contribution in [-0.2, 0) is 19.1 Å². The lowest BCUT2D eigenvalue weighted by Gasteiger charge is -2.28. The van der Waals surface area contributed by atoms with Crippen LogP contribution in [0.3, 0.4) is 0 Å². The van der Waals surface area contributed by atoms with Crippen LogP contribution in [0, 0.1) is 5.92 Å². The van der Waals surface area contributed by atoms with Crippen molar-refractivity contribution in [3.05, 3.63) is 0 Å². The zero-order valence-electron chi connectivity index (χ0n) is 12.7. The van der Waals surface area contributed by atoms with Gasteiger partial charge in [-0.2, -0.15) is 0 Å². The number of ether oxygens (including phenoxy) is 1. The van der Waals surface area contributed by atoms with Gasteiger partial charge in [-0.05, 0) is 20.3 Å². The fraction of sp³-hybridized carbons (Fsp3) is 0.786. The number of amides is 2. The Kier molecular flexibility index (Phi) is 5.53. The van der Waals surface area contributed by atoms with Crippen molar-refractivity contribution in [3.8, 4) is 0 Å². The number of nitrogens with one attached hydrogen (secondary N) is 1. The summed E-state index contributed by atoms with van der Waals surface area (Å²) in [5.41, 5.74) is -1.02. The van der Waals surface area contributed by atoms with Gasteiger partial charge in [-0.25, -0.2) is 4.79 Å². The van der Waals surface area contributed by atoms with Crippen molar-refractivity contribution in [1.29, 1.82) is 0 Å². The molecular formula is C14H24N2O4. The highest BCUT2D eigenvalue weighted by Gasteiger charge is 2.40. The lowest BCUT2D eigenvalue weighted by atomic mass is 9.94. The summed E-state index contributed by atoms with van der Waals surface area (Å²) in [6.07, 6.45) is 1.46. The van der Waals surface area contributed by atoms with Crippen LogP contribution in [0.5, 0.6) is 0 Å². The van der Waals surface area contributed by atoms with E-state index in [-0.39, 0.29) is 24.2 Å². The lowest BCUT2D eigenvalue weighted by molar-refractivity contribution is -0.151. The molecule has 0 aromatic carbocycles. The van der Waals surface area contributed by atoms with E-state index in [1.807, 2.05) is 13.8 Å². The minimum atomic E-state index is -1.02. The van der Waals surface area contributed by atoms with Gasteiger partial charge in [-0.1, -0.05) is 13.3 Å². The number of hydrogen-bond acceptors (Lipinski definition) is 4. The van der Waals surface area contributed by atoms with Gasteiger partial charge >= 0.3 is 5.97 Å². The average Bonchev–Trinajstić information content (AvgIpc) is 2.79. The topological polar surface area (TPSA) is 75.7 Å². The molecule has 1 fully saturated rings. The highest BCUT2D eigenvalue weighted by Crippen LogP contribution is 2.21. The van der Waals surface area contributed by atoms with Crippen LogP contribution in [0.2, 0.25) is 0 Å². The van der Waals surface area contributed by atoms with E-state index in [4.69, 9.17) is 4.74 Å². The van der Waals surface area contributed by atoms with E-state index in [0.29, 0.717) is 19.5 Å². The van der Waals surface area contributed by atoms with Crippen LogP contribution in [0.25, 0.3) is 0 Å². The van der Waals surface area contributed by atoms with Gasteiger partial charge < -0.3 is 15.0 Å². The largest absolute Gasteiger partial charge is 0.467 e. The molecule has 1 saturated heterocycles. The van der Waals surface area contributed by atoms with E-state index < -0.39 is 11.5 Å². The van der Waals surface area contributed by atoms with Gasteiger partial charge in [0.2, 0.25) is 11.8 Å². The number of esters is 1. The second kappa shape index (κ2) is 6.72. The van der Waals surface area contributed by atoms with Crippen molar-refractivity contribution in [3.63, 3.8) is 0 Å². The van der Waals surface area contributed by atoms with E-state index in [1.54, 1.807) is 11.8 Å². The summed E-state index contributed by atoms with van der Waals surface area (Å²) >= 11 is 0. The first kappa shape index (κ1) is 16.5. The lowest BCUT2D eigenvalue weighted by Crippen LogP contribution is -2.54. The Labute approximate surface area is 119 Å². The first-order valence-corrected chi connectivity index (χ1v) is 7.06. The van der Waals surface area contributed by atoms with Gasteiger partial charge in [0.1, 0.15) is 5.54 Å². The Morgan fingerprint density at radius 3 is 2.55 bits per heavy atom. The third kappa shape index (κ3) is 3.49. The molecule has 0 aliphatic carbocycles. The van der Waals surface area contributed by atoms with E-state index in [1.165, 1.54) is 7.11 Å². The molecule has 0 bridgehead atoms. The molecule has 6 heteroatoms. The molecule has 0 saturated carbocycles. The van der Waals surface area contributed by atoms with Crippen molar-refractivity contribution in [2.24, 2.45) is 5.92 Å². The molecular weight excluding hydrogens is 260 g/mol. The highest BCUT2D eigenvalue weighted by atomic mass is 16.5. The number of rotatable bonds is 6. The second-order valence-electron chi connectivity index (χ2n) is 5.40. The van der Waals surface area contributed by atoms with Gasteiger partial charge in [-0.15, -0.1) is 0 Å². The van der Waals surface area contributed by atoms with Crippen molar-refractivity contribution in [1.82, 2.24) is 10.2 Å². The van der Waals surface area contributed by atoms with Crippen LogP contribution in [0.4, 0.5) is 0 Å². The Balaban J connectivity index is 2.73. The first-order chi connectivity index (χ1) is 9.37. The molecule has 20 heavy (non-hydrogen) atoms. The van der Waals surface area contributed by atoms with Gasteiger partial charge in [0, 0.05) is 19.5 Å². The maximum absolute atomic E-state index is 12.3. The Morgan fingerprint density at radius 1 is 1.45 bits per heavy atom. The molecule has 1 aliphatic rings. The minimum absolute atomic E-state index is 0.0112. The molecule has 114 valence electrons. The molecule has 1 heterocycles. The van der Waals surface area contributed by atoms with Crippen molar-refractivity contribution < 1.29 is 19.1 Å². The maximum atomic E-state index is 12.3. The van der Waals surface area contributed by atoms with Gasteiger partial charge in [-0.3, -0.25) is 9.59 Å². The van der Waals surface area contributed by atoms with E-state index in [9.17, 15) is 14.4 Å². The van der Waals surface area contributed by atoms with Crippen LogP contribution >= 0.6 is 0 Å². The number of methoxy groups -OCH3 is 1. The van der Waals surface area contributed by atoms with Crippen LogP contribution in [0.15, 0.2) is 0 Å². The standard InChI is InChI=1S/C14H24N2O4/c1-5-7-14(3,13(19)20-4)15-12(18)10-8-11(17)16(6-2)9-10/h10H,5-9H2,1-4H3,(H,15,18). The summed E-state index contributed by atoms with van der Waals surface area (Å²) < 4.78 is 4.76. The van der Waals surface area contributed by atoms with Crippen LogP contribution < -0.4 is 5.32 Å². The third-order valence-corrected chi connectivity index (χ3v) is 3.75. The Morgan fingerprint density at radius 2 is 2.10 bits per heavy atom. The van der Waals surface area contributed by atoms with E-state index in [0.717, 1.165) is 6.42 Å². The number of carbonyl (C=O) groups is 3. The number of carbonyl (C=O) groups excluding carboxylic acids is 3. The molecule has 1 N–H and O–H groups in total. The molecule has 6 nitrogen and oxygen atoms in total. The predicted molar refractivity (Wildman–Crippen MR) is 73.8 cm³/mol. The summed E-state index contributed by atoms with van der Waals surface area (Å²) in [5, 5.41) is 2.76. The fourth-order valence-corrected chi connectivity index (χ4v) is 2.57. The quantitative estimate of drug-likeness (QED) is 0.729. The van der Waals surface area contributed by atoms with E-state index in [2.05, 4.69) is 5.32 Å². The molecule has 1 rings (SSSR count). The molecule has 2 atom stereocenters. The zero-order valence-corrected chi connectivity index (χ0v) is 12.7. The van der Waals surface area contributed by atoms with Crippen molar-refractivity contribution >= 4 is 17.8 Å². The normalized spacial score (nSPS) is 21.5. The first-order valence-electron chi connectivity index (χ1n) is 7.06. The SMILES string of the molecule is CCCC(C)(NC(=O)C1CC(=O)N(CC)C1)C(=O)OC. The monoisotopic (exact) mass is 284 g/mol. The van der Waals surface area contributed by atoms with Crippen molar-refractivity contribution in [2.75, 3.05) is 20.2 Å². The summed E-state index contributed by atoms with van der Waals surface area (Å²) in [5.74, 6) is -1.11. The maximum Gasteiger partial charge on any atom is 0.331 e. The molecule has 0 spiro atoms. The molecule has 2 unspecified atom stereocenters.